The predicted molar refractivity (Wildman–Crippen MR) is 126 cm³/mol. The molecule has 1 unspecified atom stereocenters. The number of rotatable bonds is 9. The van der Waals surface area contributed by atoms with Gasteiger partial charge in [0.25, 0.3) is 5.69 Å². The maximum atomic E-state index is 10.9. The predicted octanol–water partition coefficient (Wildman–Crippen LogP) is 5.62. The van der Waals surface area contributed by atoms with Gasteiger partial charge in [0.15, 0.2) is 17.1 Å². The van der Waals surface area contributed by atoms with Crippen LogP contribution in [0.3, 0.4) is 0 Å². The summed E-state index contributed by atoms with van der Waals surface area (Å²) in [7, 11) is 1.62. The lowest BCUT2D eigenvalue weighted by Crippen LogP contribution is -2.11. The second-order valence-electron chi connectivity index (χ2n) is 7.16. The van der Waals surface area contributed by atoms with E-state index in [1.165, 1.54) is 23.9 Å². The fourth-order valence-corrected chi connectivity index (χ4v) is 4.15. The number of benzene rings is 3. The quantitative estimate of drug-likeness (QED) is 0.181. The van der Waals surface area contributed by atoms with E-state index in [0.29, 0.717) is 22.5 Å². The molecule has 0 radical (unpaired) electrons. The minimum absolute atomic E-state index is 0.0722. The first kappa shape index (κ1) is 22.3. The molecule has 0 N–H and O–H groups in total. The van der Waals surface area contributed by atoms with Crippen molar-refractivity contribution in [1.82, 2.24) is 14.8 Å². The molecule has 0 aliphatic carbocycles. The zero-order valence-corrected chi connectivity index (χ0v) is 18.9. The van der Waals surface area contributed by atoms with E-state index in [2.05, 4.69) is 10.2 Å². The van der Waals surface area contributed by atoms with Crippen LogP contribution in [0.2, 0.25) is 0 Å². The smallest absolute Gasteiger partial charge is 0.269 e. The Labute approximate surface area is 195 Å². The summed E-state index contributed by atoms with van der Waals surface area (Å²) < 4.78 is 13.3. The Kier molecular flexibility index (Phi) is 6.89. The van der Waals surface area contributed by atoms with E-state index in [4.69, 9.17) is 9.47 Å². The first-order valence-electron chi connectivity index (χ1n) is 10.2. The van der Waals surface area contributed by atoms with E-state index in [-0.39, 0.29) is 11.8 Å². The highest BCUT2D eigenvalue weighted by molar-refractivity contribution is 7.98. The molecule has 0 aliphatic rings. The summed E-state index contributed by atoms with van der Waals surface area (Å²) in [4.78, 5) is 10.5. The first-order valence-corrected chi connectivity index (χ1v) is 11.2. The zero-order valence-electron chi connectivity index (χ0n) is 18.1. The number of hydrogen-bond donors (Lipinski definition) is 0. The summed E-state index contributed by atoms with van der Waals surface area (Å²) in [5.41, 5.74) is 1.95. The first-order chi connectivity index (χ1) is 16.0. The van der Waals surface area contributed by atoms with E-state index in [0.717, 1.165) is 17.0 Å². The maximum Gasteiger partial charge on any atom is 0.269 e. The molecule has 0 amide bonds. The Hall–Kier alpha value is -3.85. The average molecular weight is 463 g/mol. The van der Waals surface area contributed by atoms with Crippen molar-refractivity contribution in [2.24, 2.45) is 0 Å². The molecule has 3 aromatic carbocycles. The molecule has 0 saturated heterocycles. The number of aromatic nitrogens is 3. The molecule has 0 aliphatic heterocycles. The van der Waals surface area contributed by atoms with Crippen molar-refractivity contribution in [2.75, 3.05) is 7.11 Å². The minimum Gasteiger partial charge on any atom is -0.497 e. The molecule has 0 saturated carbocycles. The van der Waals surface area contributed by atoms with Crippen LogP contribution in [0, 0.1) is 10.1 Å². The van der Waals surface area contributed by atoms with Crippen LogP contribution in [0.4, 0.5) is 5.69 Å². The number of nitro benzene ring substituents is 1. The Morgan fingerprint density at radius 3 is 2.27 bits per heavy atom. The third-order valence-electron chi connectivity index (χ3n) is 4.92. The van der Waals surface area contributed by atoms with Gasteiger partial charge >= 0.3 is 0 Å². The fourth-order valence-electron chi connectivity index (χ4n) is 3.23. The summed E-state index contributed by atoms with van der Waals surface area (Å²) in [6.07, 6.45) is -0.361. The number of nitrogens with zero attached hydrogens (tertiary/aromatic N) is 4. The van der Waals surface area contributed by atoms with Crippen LogP contribution in [0.25, 0.3) is 5.69 Å². The number of para-hydroxylation sites is 1. The molecule has 33 heavy (non-hydrogen) atoms. The van der Waals surface area contributed by atoms with Gasteiger partial charge in [-0.25, -0.2) is 0 Å². The molecule has 4 rings (SSSR count). The molecule has 1 atom stereocenters. The van der Waals surface area contributed by atoms with E-state index >= 15 is 0 Å². The molecule has 1 heterocycles. The van der Waals surface area contributed by atoms with Crippen LogP contribution >= 0.6 is 11.8 Å². The van der Waals surface area contributed by atoms with Gasteiger partial charge in [0, 0.05) is 23.6 Å². The SMILES string of the molecule is COc1ccc(OC(C)c2nnc(SCc3ccc([N+](=O)[O-])cc3)n2-c2ccccc2)cc1. The van der Waals surface area contributed by atoms with E-state index in [1.807, 2.05) is 66.1 Å². The highest BCUT2D eigenvalue weighted by Gasteiger charge is 2.21. The summed E-state index contributed by atoms with van der Waals surface area (Å²) in [6.45, 7) is 1.93. The molecule has 8 nitrogen and oxygen atoms in total. The van der Waals surface area contributed by atoms with Crippen molar-refractivity contribution in [1.29, 1.82) is 0 Å². The molecule has 0 spiro atoms. The van der Waals surface area contributed by atoms with Gasteiger partial charge in [0.05, 0.1) is 12.0 Å². The highest BCUT2D eigenvalue weighted by atomic mass is 32.2. The number of nitro groups is 1. The second kappa shape index (κ2) is 10.2. The number of non-ortho nitro benzene ring substituents is 1. The zero-order chi connectivity index (χ0) is 23.2. The standard InChI is InChI=1S/C24H22N4O4S/c1-17(32-22-14-12-21(31-2)13-15-22)23-25-26-24(27(23)19-6-4-3-5-7-19)33-16-18-8-10-20(11-9-18)28(29)30/h3-15,17H,16H2,1-2H3. The normalized spacial score (nSPS) is 11.7. The Morgan fingerprint density at radius 1 is 0.970 bits per heavy atom. The Balaban J connectivity index is 1.57. The van der Waals surface area contributed by atoms with Gasteiger partial charge in [-0.05, 0) is 48.9 Å². The topological polar surface area (TPSA) is 92.3 Å². The van der Waals surface area contributed by atoms with Crippen molar-refractivity contribution in [3.05, 3.63) is 100 Å². The summed E-state index contributed by atoms with van der Waals surface area (Å²) >= 11 is 1.51. The van der Waals surface area contributed by atoms with Crippen molar-refractivity contribution < 1.29 is 14.4 Å². The maximum absolute atomic E-state index is 10.9. The van der Waals surface area contributed by atoms with Crippen LogP contribution in [0.1, 0.15) is 24.4 Å². The van der Waals surface area contributed by atoms with Gasteiger partial charge in [-0.2, -0.15) is 0 Å². The van der Waals surface area contributed by atoms with Crippen LogP contribution in [0.5, 0.6) is 11.5 Å². The van der Waals surface area contributed by atoms with Crippen LogP contribution in [0.15, 0.2) is 84.0 Å². The summed E-state index contributed by atoms with van der Waals surface area (Å²) in [5, 5.41) is 20.4. The third-order valence-corrected chi connectivity index (χ3v) is 5.92. The molecule has 1 aromatic heterocycles. The molecule has 4 aromatic rings. The van der Waals surface area contributed by atoms with Gasteiger partial charge in [-0.3, -0.25) is 14.7 Å². The van der Waals surface area contributed by atoms with Gasteiger partial charge < -0.3 is 9.47 Å². The molecule has 0 bridgehead atoms. The van der Waals surface area contributed by atoms with Crippen molar-refractivity contribution in [3.63, 3.8) is 0 Å². The number of hydrogen-bond acceptors (Lipinski definition) is 7. The van der Waals surface area contributed by atoms with Crippen molar-refractivity contribution >= 4 is 17.4 Å². The van der Waals surface area contributed by atoms with Gasteiger partial charge in [0.2, 0.25) is 0 Å². The van der Waals surface area contributed by atoms with E-state index in [1.54, 1.807) is 19.2 Å². The monoisotopic (exact) mass is 462 g/mol. The van der Waals surface area contributed by atoms with Crippen molar-refractivity contribution in [2.45, 2.75) is 23.9 Å². The third kappa shape index (κ3) is 5.32. The van der Waals surface area contributed by atoms with Crippen LogP contribution in [-0.2, 0) is 5.75 Å². The van der Waals surface area contributed by atoms with Gasteiger partial charge in [-0.15, -0.1) is 10.2 Å². The lowest BCUT2D eigenvalue weighted by atomic mass is 10.2. The molecular formula is C24H22N4O4S. The average Bonchev–Trinajstić information content (AvgIpc) is 3.28. The Bertz CT molecular complexity index is 1210. The second-order valence-corrected chi connectivity index (χ2v) is 8.10. The van der Waals surface area contributed by atoms with Gasteiger partial charge in [-0.1, -0.05) is 42.1 Å². The van der Waals surface area contributed by atoms with Crippen molar-refractivity contribution in [3.8, 4) is 17.2 Å². The van der Waals surface area contributed by atoms with Crippen LogP contribution < -0.4 is 9.47 Å². The largest absolute Gasteiger partial charge is 0.497 e. The molecular weight excluding hydrogens is 440 g/mol. The summed E-state index contributed by atoms with van der Waals surface area (Å²) in [5.74, 6) is 2.72. The molecule has 9 heteroatoms. The minimum atomic E-state index is -0.403. The Morgan fingerprint density at radius 2 is 1.64 bits per heavy atom. The fraction of sp³-hybridized carbons (Fsp3) is 0.167. The summed E-state index contributed by atoms with van der Waals surface area (Å²) in [6, 6.07) is 23.8. The van der Waals surface area contributed by atoms with E-state index < -0.39 is 4.92 Å². The lowest BCUT2D eigenvalue weighted by molar-refractivity contribution is -0.384. The molecule has 168 valence electrons. The van der Waals surface area contributed by atoms with Gasteiger partial charge in [0.1, 0.15) is 11.5 Å². The number of methoxy groups -OCH3 is 1. The number of ether oxygens (including phenoxy) is 2. The highest BCUT2D eigenvalue weighted by Crippen LogP contribution is 2.30. The lowest BCUT2D eigenvalue weighted by Gasteiger charge is -2.17. The number of thioether (sulfide) groups is 1. The molecule has 0 fully saturated rings. The van der Waals surface area contributed by atoms with Crippen LogP contribution in [-0.4, -0.2) is 26.8 Å². The van der Waals surface area contributed by atoms with E-state index in [9.17, 15) is 10.1 Å².